The Hall–Kier alpha value is -1.35. The van der Waals surface area contributed by atoms with Crippen molar-refractivity contribution in [3.63, 3.8) is 0 Å². The molecule has 1 fully saturated rings. The number of hydrogen-bond acceptors (Lipinski definition) is 2. The predicted molar refractivity (Wildman–Crippen MR) is 74.3 cm³/mol. The van der Waals surface area contributed by atoms with Gasteiger partial charge in [0, 0.05) is 13.1 Å². The van der Waals surface area contributed by atoms with Gasteiger partial charge in [0.1, 0.15) is 0 Å². The maximum atomic E-state index is 11.3. The van der Waals surface area contributed by atoms with Crippen molar-refractivity contribution in [2.75, 3.05) is 18.1 Å². The Morgan fingerprint density at radius 3 is 2.39 bits per heavy atom. The van der Waals surface area contributed by atoms with Gasteiger partial charge in [0.15, 0.2) is 0 Å². The molecule has 0 unspecified atom stereocenters. The number of carbonyl (C=O) groups is 1. The van der Waals surface area contributed by atoms with Gasteiger partial charge in [-0.2, -0.15) is 0 Å². The van der Waals surface area contributed by atoms with E-state index in [9.17, 15) is 4.79 Å². The maximum absolute atomic E-state index is 11.3. The van der Waals surface area contributed by atoms with Crippen LogP contribution in [-0.2, 0) is 11.2 Å². The van der Waals surface area contributed by atoms with Gasteiger partial charge in [0.05, 0.1) is 5.69 Å². The van der Waals surface area contributed by atoms with Crippen LogP contribution in [0.25, 0.3) is 0 Å². The van der Waals surface area contributed by atoms with Crippen LogP contribution < -0.4 is 5.01 Å². The molecule has 0 bridgehead atoms. The fraction of sp³-hybridized carbons (Fsp3) is 0.533. The van der Waals surface area contributed by atoms with Crippen LogP contribution in [0.15, 0.2) is 24.3 Å². The summed E-state index contributed by atoms with van der Waals surface area (Å²) in [6.07, 6.45) is 4.29. The highest BCUT2D eigenvalue weighted by Crippen LogP contribution is 2.22. The van der Waals surface area contributed by atoms with E-state index in [0.717, 1.165) is 50.4 Å². The molecular weight excluding hydrogens is 224 g/mol. The number of aryl methyl sites for hydroxylation is 1. The van der Waals surface area contributed by atoms with Crippen LogP contribution in [0.3, 0.4) is 0 Å². The summed E-state index contributed by atoms with van der Waals surface area (Å²) in [4.78, 5) is 11.3. The van der Waals surface area contributed by atoms with Crippen LogP contribution in [0.4, 0.5) is 5.69 Å². The zero-order valence-electron chi connectivity index (χ0n) is 11.3. The molecule has 2 rings (SSSR count). The largest absolute Gasteiger partial charge is 0.277 e. The van der Waals surface area contributed by atoms with Crippen LogP contribution in [0, 0.1) is 5.92 Å². The number of hydrazine groups is 1. The average Bonchev–Trinajstić information content (AvgIpc) is 2.42. The van der Waals surface area contributed by atoms with Gasteiger partial charge < -0.3 is 0 Å². The molecule has 0 spiro atoms. The summed E-state index contributed by atoms with van der Waals surface area (Å²) in [6, 6.07) is 8.26. The van der Waals surface area contributed by atoms with Crippen molar-refractivity contribution in [1.82, 2.24) is 5.01 Å². The fourth-order valence-corrected chi connectivity index (χ4v) is 2.39. The lowest BCUT2D eigenvalue weighted by molar-refractivity contribution is -0.110. The predicted octanol–water partition coefficient (Wildman–Crippen LogP) is 2.86. The Bertz CT molecular complexity index is 380. The quantitative estimate of drug-likeness (QED) is 0.763. The van der Waals surface area contributed by atoms with Gasteiger partial charge in [-0.05, 0) is 42.9 Å². The molecule has 0 aliphatic carbocycles. The topological polar surface area (TPSA) is 23.6 Å². The van der Waals surface area contributed by atoms with Crippen LogP contribution >= 0.6 is 0 Å². The van der Waals surface area contributed by atoms with E-state index in [1.807, 2.05) is 12.1 Å². The summed E-state index contributed by atoms with van der Waals surface area (Å²) >= 11 is 0. The second kappa shape index (κ2) is 6.01. The molecule has 1 heterocycles. The van der Waals surface area contributed by atoms with Gasteiger partial charge in [-0.15, -0.1) is 0 Å². The average molecular weight is 246 g/mol. The first-order valence-corrected chi connectivity index (χ1v) is 6.83. The van der Waals surface area contributed by atoms with Gasteiger partial charge in [-0.1, -0.05) is 26.0 Å². The highest BCUT2D eigenvalue weighted by atomic mass is 16.1. The van der Waals surface area contributed by atoms with Crippen molar-refractivity contribution >= 4 is 12.1 Å². The minimum Gasteiger partial charge on any atom is -0.277 e. The van der Waals surface area contributed by atoms with Crippen molar-refractivity contribution in [1.29, 1.82) is 0 Å². The summed E-state index contributed by atoms with van der Waals surface area (Å²) in [5.74, 6) is 0.775. The standard InChI is InChI=1S/C15H22N2O/c1-3-14-4-6-15(7-5-14)17(12-18)16-10-8-13(2)9-11-16/h4-7,12-13H,3,8-11H2,1-2H3. The van der Waals surface area contributed by atoms with Crippen molar-refractivity contribution in [2.24, 2.45) is 5.92 Å². The first kappa shape index (κ1) is 13.1. The number of amides is 1. The van der Waals surface area contributed by atoms with E-state index in [2.05, 4.69) is 31.0 Å². The first-order chi connectivity index (χ1) is 8.74. The maximum Gasteiger partial charge on any atom is 0.228 e. The van der Waals surface area contributed by atoms with Gasteiger partial charge >= 0.3 is 0 Å². The van der Waals surface area contributed by atoms with E-state index in [-0.39, 0.29) is 0 Å². The number of benzene rings is 1. The van der Waals surface area contributed by atoms with E-state index in [0.29, 0.717) is 0 Å². The molecule has 98 valence electrons. The van der Waals surface area contributed by atoms with Crippen molar-refractivity contribution in [2.45, 2.75) is 33.1 Å². The molecule has 1 aromatic carbocycles. The number of nitrogens with zero attached hydrogens (tertiary/aromatic N) is 2. The lowest BCUT2D eigenvalue weighted by atomic mass is 10.0. The number of carbonyl (C=O) groups excluding carboxylic acids is 1. The van der Waals surface area contributed by atoms with Gasteiger partial charge in [0.2, 0.25) is 6.41 Å². The molecule has 1 aliphatic heterocycles. The third-order valence-corrected chi connectivity index (χ3v) is 3.77. The smallest absolute Gasteiger partial charge is 0.228 e. The zero-order chi connectivity index (χ0) is 13.0. The summed E-state index contributed by atoms with van der Waals surface area (Å²) < 4.78 is 0. The van der Waals surface area contributed by atoms with Crippen molar-refractivity contribution < 1.29 is 4.79 Å². The van der Waals surface area contributed by atoms with Crippen molar-refractivity contribution in [3.05, 3.63) is 29.8 Å². The summed E-state index contributed by atoms with van der Waals surface area (Å²) in [5.41, 5.74) is 2.27. The summed E-state index contributed by atoms with van der Waals surface area (Å²) in [7, 11) is 0. The normalized spacial score (nSPS) is 17.7. The molecule has 0 radical (unpaired) electrons. The van der Waals surface area contributed by atoms with Crippen LogP contribution in [0.5, 0.6) is 0 Å². The van der Waals surface area contributed by atoms with Crippen molar-refractivity contribution in [3.8, 4) is 0 Å². The third kappa shape index (κ3) is 2.91. The van der Waals surface area contributed by atoms with E-state index in [1.165, 1.54) is 5.56 Å². The van der Waals surface area contributed by atoms with E-state index in [1.54, 1.807) is 5.01 Å². The first-order valence-electron chi connectivity index (χ1n) is 6.83. The Labute approximate surface area is 109 Å². The third-order valence-electron chi connectivity index (χ3n) is 3.77. The minimum atomic E-state index is 0.775. The fourth-order valence-electron chi connectivity index (χ4n) is 2.39. The molecule has 1 saturated heterocycles. The van der Waals surface area contributed by atoms with Crippen LogP contribution in [-0.4, -0.2) is 24.5 Å². The number of hydrogen-bond donors (Lipinski definition) is 0. The monoisotopic (exact) mass is 246 g/mol. The SMILES string of the molecule is CCc1ccc(N(C=O)N2CCC(C)CC2)cc1. The highest BCUT2D eigenvalue weighted by molar-refractivity contribution is 5.73. The lowest BCUT2D eigenvalue weighted by Crippen LogP contribution is -2.46. The molecule has 18 heavy (non-hydrogen) atoms. The molecule has 0 atom stereocenters. The second-order valence-electron chi connectivity index (χ2n) is 5.11. The zero-order valence-corrected chi connectivity index (χ0v) is 11.3. The Morgan fingerprint density at radius 2 is 1.89 bits per heavy atom. The van der Waals surface area contributed by atoms with E-state index >= 15 is 0 Å². The highest BCUT2D eigenvalue weighted by Gasteiger charge is 2.21. The summed E-state index contributed by atoms with van der Waals surface area (Å²) in [6.45, 7) is 6.35. The van der Waals surface area contributed by atoms with Crippen LogP contribution in [0.1, 0.15) is 32.3 Å². The molecule has 3 heteroatoms. The molecular formula is C15H22N2O. The Morgan fingerprint density at radius 1 is 1.28 bits per heavy atom. The molecule has 0 saturated carbocycles. The lowest BCUT2D eigenvalue weighted by Gasteiger charge is -2.36. The number of rotatable bonds is 4. The van der Waals surface area contributed by atoms with E-state index < -0.39 is 0 Å². The molecule has 3 nitrogen and oxygen atoms in total. The van der Waals surface area contributed by atoms with Gasteiger partial charge in [-0.3, -0.25) is 4.79 Å². The Balaban J connectivity index is 2.09. The molecule has 0 N–H and O–H groups in total. The molecule has 1 amide bonds. The minimum absolute atomic E-state index is 0.775. The molecule has 1 aromatic rings. The molecule has 0 aromatic heterocycles. The van der Waals surface area contributed by atoms with Gasteiger partial charge in [0.25, 0.3) is 0 Å². The van der Waals surface area contributed by atoms with Gasteiger partial charge in [-0.25, -0.2) is 10.0 Å². The number of anilines is 1. The van der Waals surface area contributed by atoms with Crippen LogP contribution in [0.2, 0.25) is 0 Å². The summed E-state index contributed by atoms with van der Waals surface area (Å²) in [5, 5.41) is 3.90. The van der Waals surface area contributed by atoms with E-state index in [4.69, 9.17) is 0 Å². The molecule has 1 aliphatic rings. The Kier molecular flexibility index (Phi) is 4.37. The second-order valence-corrected chi connectivity index (χ2v) is 5.11. The number of piperidine rings is 1.